The molecule has 0 radical (unpaired) electrons. The third-order valence-corrected chi connectivity index (χ3v) is 22.1. The predicted octanol–water partition coefficient (Wildman–Crippen LogP) is 37.2. The third-order valence-electron chi connectivity index (χ3n) is 19.5. The average molecular weight is 1840 g/mol. The summed E-state index contributed by atoms with van der Waals surface area (Å²) >= 11 is 1.73. The standard InChI is InChI=1S/C20H27NO2S.2C9H17NO.C9H15NS.C8H14N2O.8C7H16.2C2H6/c1-20(2,3)14-15-24(22,23)21(16-18-10-6-4-7-11-18)17-19-12-8-5-9-13-19;2*1-9(2,3)7-5-6-10(4)8(7)11;1-7-10-8(6-11-7)5-9(2,3)4;1-6-9-10-7(11-6)5-8(2,3)4;8*1-5-6-7(2,3)4;2*1-2/h4-13H,14-17H2,1-3H3;2*7H,5-6H2,1-4H3;6H,5H2,1-4H3;5H2,1-4H3;8*5-6H2,1-4H3;2*1-2H3. The Hall–Kier alpha value is -3.94. The number of rotatable bonds is 17. The van der Waals surface area contributed by atoms with Gasteiger partial charge in [0.2, 0.25) is 33.6 Å². The van der Waals surface area contributed by atoms with Crippen molar-refractivity contribution in [3.63, 3.8) is 0 Å². The first-order valence-corrected chi connectivity index (χ1v) is 53.3. The second-order valence-corrected chi connectivity index (χ2v) is 54.0. The van der Waals surface area contributed by atoms with Crippen LogP contribution in [0.2, 0.25) is 0 Å². The first-order valence-electron chi connectivity index (χ1n) is 50.8. The molecule has 2 unspecified atom stereocenters. The summed E-state index contributed by atoms with van der Waals surface area (Å²) in [6.07, 6.45) is 25.8. The van der Waals surface area contributed by atoms with Gasteiger partial charge in [-0.3, -0.25) is 9.59 Å². The van der Waals surface area contributed by atoms with E-state index in [2.05, 4.69) is 353 Å². The van der Waals surface area contributed by atoms with Crippen LogP contribution in [0.25, 0.3) is 0 Å². The smallest absolute Gasteiger partial charge is 0.226 e. The van der Waals surface area contributed by atoms with Crippen LogP contribution in [0.3, 0.4) is 0 Å². The number of aromatic nitrogens is 3. The van der Waals surface area contributed by atoms with Gasteiger partial charge in [-0.15, -0.1) is 21.5 Å². The Labute approximate surface area is 809 Å². The Morgan fingerprint density at radius 3 is 0.758 bits per heavy atom. The van der Waals surface area contributed by atoms with Crippen LogP contribution in [0.1, 0.15) is 509 Å². The number of likely N-dealkylation sites (tertiary alicyclic amines) is 2. The highest BCUT2D eigenvalue weighted by Gasteiger charge is 2.39. The van der Waals surface area contributed by atoms with E-state index in [1.54, 1.807) is 22.6 Å². The summed E-state index contributed by atoms with van der Waals surface area (Å²) in [4.78, 5) is 31.0. The van der Waals surface area contributed by atoms with Crippen LogP contribution in [0.15, 0.2) is 70.5 Å². The molecule has 2 aliphatic heterocycles. The van der Waals surface area contributed by atoms with Gasteiger partial charge >= 0.3 is 0 Å². The van der Waals surface area contributed by atoms with Crippen LogP contribution < -0.4 is 0 Å². The van der Waals surface area contributed by atoms with E-state index in [0.29, 0.717) is 86.0 Å². The van der Waals surface area contributed by atoms with Crippen LogP contribution in [-0.4, -0.2) is 82.5 Å². The van der Waals surface area contributed by atoms with Crippen LogP contribution >= 0.6 is 11.3 Å². The van der Waals surface area contributed by atoms with Gasteiger partial charge in [0.15, 0.2) is 0 Å². The van der Waals surface area contributed by atoms with Gasteiger partial charge in [0, 0.05) is 70.8 Å². The van der Waals surface area contributed by atoms with Crippen LogP contribution in [0, 0.1) is 96.1 Å². The molecule has 0 spiro atoms. The Morgan fingerprint density at radius 2 is 0.609 bits per heavy atom. The van der Waals surface area contributed by atoms with E-state index in [1.165, 1.54) is 113 Å². The second kappa shape index (κ2) is 70.7. The normalized spacial score (nSPS) is 14.3. The maximum absolute atomic E-state index is 12.9. The lowest BCUT2D eigenvalue weighted by atomic mass is 9.80. The van der Waals surface area contributed by atoms with E-state index >= 15 is 0 Å². The second-order valence-electron chi connectivity index (χ2n) is 50.8. The van der Waals surface area contributed by atoms with Crippen molar-refractivity contribution in [3.05, 3.63) is 99.7 Å². The quantitative estimate of drug-likeness (QED) is 0.102. The Morgan fingerprint density at radius 1 is 0.367 bits per heavy atom. The van der Waals surface area contributed by atoms with Crippen molar-refractivity contribution in [1.29, 1.82) is 0 Å². The van der Waals surface area contributed by atoms with Gasteiger partial charge in [-0.05, 0) is 165 Å². The van der Waals surface area contributed by atoms with Gasteiger partial charge in [0.25, 0.3) is 0 Å². The van der Waals surface area contributed by atoms with Crippen LogP contribution in [0.4, 0.5) is 0 Å². The zero-order valence-electron chi connectivity index (χ0n) is 96.9. The highest BCUT2D eigenvalue weighted by molar-refractivity contribution is 7.89. The van der Waals surface area contributed by atoms with Gasteiger partial charge in [0.05, 0.1) is 16.5 Å². The summed E-state index contributed by atoms with van der Waals surface area (Å²) < 4.78 is 32.7. The summed E-state index contributed by atoms with van der Waals surface area (Å²) in [5, 5.41) is 11.0. The summed E-state index contributed by atoms with van der Waals surface area (Å²) in [5.41, 5.74) is 8.52. The lowest BCUT2D eigenvalue weighted by Crippen LogP contribution is -2.33. The fourth-order valence-corrected chi connectivity index (χ4v) is 16.0. The minimum absolute atomic E-state index is 0.00175. The predicted molar refractivity (Wildman–Crippen MR) is 580 cm³/mol. The molecule has 0 bridgehead atoms. The van der Waals surface area contributed by atoms with Gasteiger partial charge in [-0.2, -0.15) is 4.31 Å². The number of benzene rings is 2. The van der Waals surface area contributed by atoms with E-state index in [-0.39, 0.29) is 39.2 Å². The third kappa shape index (κ3) is 104. The molecule has 2 atom stereocenters. The van der Waals surface area contributed by atoms with E-state index < -0.39 is 10.0 Å². The topological polar surface area (TPSA) is 130 Å². The van der Waals surface area contributed by atoms with Crippen LogP contribution in [-0.2, 0) is 45.5 Å². The molecule has 4 aromatic rings. The molecule has 13 heteroatoms. The number of sulfonamides is 1. The molecule has 11 nitrogen and oxygen atoms in total. The van der Waals surface area contributed by atoms with Crippen molar-refractivity contribution in [2.75, 3.05) is 32.9 Å². The number of carbonyl (C=O) groups excluding carboxylic acids is 2. The molecule has 2 saturated heterocycles. The van der Waals surface area contributed by atoms with E-state index in [4.69, 9.17) is 4.42 Å². The highest BCUT2D eigenvalue weighted by Crippen LogP contribution is 2.36. The molecule has 2 aromatic heterocycles. The Bertz CT molecular complexity index is 2970. The number of aryl methyl sites for hydroxylation is 2. The fourth-order valence-electron chi connectivity index (χ4n) is 13.5. The van der Waals surface area contributed by atoms with Crippen molar-refractivity contribution in [3.8, 4) is 0 Å². The lowest BCUT2D eigenvalue weighted by Gasteiger charge is -2.25. The summed E-state index contributed by atoms with van der Waals surface area (Å²) in [6.45, 7) is 119. The molecule has 4 heterocycles. The maximum atomic E-state index is 12.9. The minimum atomic E-state index is -3.32. The Kier molecular flexibility index (Phi) is 78.4. The highest BCUT2D eigenvalue weighted by atomic mass is 32.2. The molecule has 2 aromatic carbocycles. The van der Waals surface area contributed by atoms with E-state index in [0.717, 1.165) is 55.8 Å². The summed E-state index contributed by atoms with van der Waals surface area (Å²) in [7, 11) is 0.447. The summed E-state index contributed by atoms with van der Waals surface area (Å²) in [5.74, 6) is 2.67. The molecular weight excluding hydrogens is 1610 g/mol. The number of amides is 2. The van der Waals surface area contributed by atoms with Crippen LogP contribution in [0.5, 0.6) is 0 Å². The average Bonchev–Trinajstić information content (AvgIpc) is 1.81. The molecule has 0 aliphatic carbocycles. The summed E-state index contributed by atoms with van der Waals surface area (Å²) in [6, 6.07) is 19.5. The molecular formula is C115H230N6O5S2. The van der Waals surface area contributed by atoms with Crippen molar-refractivity contribution < 1.29 is 22.4 Å². The van der Waals surface area contributed by atoms with Crippen molar-refractivity contribution in [2.24, 2.45) is 82.2 Å². The monoisotopic (exact) mass is 1840 g/mol. The number of hydrogen-bond acceptors (Lipinski definition) is 9. The maximum Gasteiger partial charge on any atom is 0.226 e. The number of hydrogen-bond donors (Lipinski definition) is 0. The molecule has 0 N–H and O–H groups in total. The van der Waals surface area contributed by atoms with E-state index in [1.807, 2.05) is 112 Å². The van der Waals surface area contributed by atoms with Crippen molar-refractivity contribution in [2.45, 2.75) is 515 Å². The van der Waals surface area contributed by atoms with Gasteiger partial charge in [-0.25, -0.2) is 13.4 Å². The zero-order valence-corrected chi connectivity index (χ0v) is 98.6. The largest absolute Gasteiger partial charge is 0.426 e. The zero-order chi connectivity index (χ0) is 103. The number of nitrogens with zero attached hydrogens (tertiary/aromatic N) is 6. The van der Waals surface area contributed by atoms with Gasteiger partial charge < -0.3 is 14.2 Å². The lowest BCUT2D eigenvalue weighted by molar-refractivity contribution is -0.133. The van der Waals surface area contributed by atoms with Crippen molar-refractivity contribution in [1.82, 2.24) is 29.3 Å². The first-order chi connectivity index (χ1) is 57.5. The molecule has 6 rings (SSSR count). The fraction of sp³-hybridized carbons (Fsp3) is 0.835. The molecule has 2 aliphatic rings. The number of carbonyl (C=O) groups is 2. The number of thiazole rings is 1. The van der Waals surface area contributed by atoms with Gasteiger partial charge in [0.1, 0.15) is 0 Å². The molecule has 128 heavy (non-hydrogen) atoms. The first kappa shape index (κ1) is 142. The molecule has 2 amide bonds. The van der Waals surface area contributed by atoms with Crippen molar-refractivity contribution >= 4 is 33.2 Å². The SMILES string of the molecule is CC.CC.CC(C)(C)CCS(=O)(=O)N(Cc1ccccc1)Cc1ccccc1.CCCC(C)(C)C.CCCC(C)(C)C.CCCC(C)(C)C.CCCC(C)(C)C.CCCC(C)(C)C.CCCC(C)(C)C.CCCC(C)(C)C.CCCC(C)(C)C.CN1CCC(C(C)(C)C)C1=O.CN1CCC(C(C)(C)C)C1=O.Cc1nc(CC(C)(C)C)cs1.Cc1nnc(CC(C)(C)C)o1. The molecule has 2 fully saturated rings. The molecule has 0 saturated carbocycles. The molecule has 762 valence electrons. The van der Waals surface area contributed by atoms with E-state index in [9.17, 15) is 18.0 Å². The van der Waals surface area contributed by atoms with Gasteiger partial charge in [-0.1, -0.05) is 465 Å². The minimum Gasteiger partial charge on any atom is -0.426 e. The Balaban J connectivity index is -0.000000175.